The van der Waals surface area contributed by atoms with Crippen molar-refractivity contribution in [1.29, 1.82) is 0 Å². The van der Waals surface area contributed by atoms with Crippen molar-refractivity contribution in [2.45, 2.75) is 32.6 Å². The molecule has 0 heterocycles. The van der Waals surface area contributed by atoms with Gasteiger partial charge in [0, 0.05) is 6.04 Å². The van der Waals surface area contributed by atoms with Gasteiger partial charge in [-0.2, -0.15) is 0 Å². The average molecular weight is 207 g/mol. The monoisotopic (exact) mass is 207 g/mol. The van der Waals surface area contributed by atoms with Gasteiger partial charge in [-0.1, -0.05) is 50.0 Å². The molecule has 1 atom stereocenters. The lowest BCUT2D eigenvalue weighted by molar-refractivity contribution is 0.628. The Balaban J connectivity index is 2.48. The zero-order chi connectivity index (χ0) is 10.6. The molecule has 0 unspecified atom stereocenters. The van der Waals surface area contributed by atoms with Crippen molar-refractivity contribution in [3.05, 3.63) is 35.9 Å². The van der Waals surface area contributed by atoms with Gasteiger partial charge in [-0.3, -0.25) is 0 Å². The number of nitrogens with one attached hydrogen (secondary N) is 1. The Morgan fingerprint density at radius 3 is 2.21 bits per heavy atom. The van der Waals surface area contributed by atoms with Crippen LogP contribution in [0, 0.1) is 0 Å². The molecule has 1 aromatic rings. The van der Waals surface area contributed by atoms with Gasteiger partial charge in [-0.05, 0) is 18.7 Å². The van der Waals surface area contributed by atoms with Gasteiger partial charge < -0.3 is 5.32 Å². The van der Waals surface area contributed by atoms with Crippen LogP contribution in [0.25, 0.3) is 0 Å². The molecule has 0 aliphatic heterocycles. The average Bonchev–Trinajstić information content (AvgIpc) is 2.14. The molecule has 0 aromatic heterocycles. The second-order valence-electron chi connectivity index (χ2n) is 5.07. The van der Waals surface area contributed by atoms with Crippen molar-refractivity contribution in [1.82, 2.24) is 5.32 Å². The summed E-state index contributed by atoms with van der Waals surface area (Å²) in [6.45, 7) is 9.39. The Morgan fingerprint density at radius 1 is 1.14 bits per heavy atom. The molecule has 0 saturated heterocycles. The lowest BCUT2D eigenvalue weighted by atomic mass is 10.1. The van der Waals surface area contributed by atoms with E-state index in [0.29, 0.717) is 6.04 Å². The normalized spacial score (nSPS) is 14.0. The maximum atomic E-state index is 3.60. The fraction of sp³-hybridized carbons (Fsp3) is 0.500. The molecular formula is C12H21NSi. The molecule has 0 bridgehead atoms. The third kappa shape index (κ3) is 4.07. The van der Waals surface area contributed by atoms with Crippen molar-refractivity contribution >= 4 is 8.07 Å². The first-order valence-corrected chi connectivity index (χ1v) is 8.98. The van der Waals surface area contributed by atoms with Crippen molar-refractivity contribution in [2.24, 2.45) is 0 Å². The topological polar surface area (TPSA) is 12.0 Å². The van der Waals surface area contributed by atoms with Crippen LogP contribution >= 0.6 is 0 Å². The molecule has 1 aromatic carbocycles. The van der Waals surface area contributed by atoms with Gasteiger partial charge in [-0.15, -0.1) is 0 Å². The van der Waals surface area contributed by atoms with Gasteiger partial charge in [0.15, 0.2) is 0 Å². The molecule has 1 nitrogen and oxygen atoms in total. The molecule has 0 radical (unpaired) electrons. The van der Waals surface area contributed by atoms with E-state index in [4.69, 9.17) is 0 Å². The molecule has 78 valence electrons. The highest BCUT2D eigenvalue weighted by molar-refractivity contribution is 6.76. The quantitative estimate of drug-likeness (QED) is 0.748. The van der Waals surface area contributed by atoms with E-state index in [2.05, 4.69) is 62.2 Å². The molecule has 0 amide bonds. The van der Waals surface area contributed by atoms with Crippen LogP contribution in [0.15, 0.2) is 30.3 Å². The van der Waals surface area contributed by atoms with Gasteiger partial charge in [-0.25, -0.2) is 0 Å². The first-order chi connectivity index (χ1) is 6.49. The standard InChI is InChI=1S/C12H21NSi/c1-11(13-10-14(2,3)4)12-8-6-5-7-9-12/h5-9,11,13H,10H2,1-4H3/t11-/m1/s1. The third-order valence-electron chi connectivity index (χ3n) is 2.24. The van der Waals surface area contributed by atoms with Gasteiger partial charge in [0.25, 0.3) is 0 Å². The molecule has 0 aliphatic rings. The summed E-state index contributed by atoms with van der Waals surface area (Å²) in [5.74, 6) is 0. The van der Waals surface area contributed by atoms with Crippen LogP contribution in [0.5, 0.6) is 0 Å². The van der Waals surface area contributed by atoms with E-state index in [1.807, 2.05) is 0 Å². The Labute approximate surface area is 88.6 Å². The highest BCUT2D eigenvalue weighted by Gasteiger charge is 2.14. The predicted octanol–water partition coefficient (Wildman–Crippen LogP) is 3.21. The Hall–Kier alpha value is -0.603. The molecule has 0 fully saturated rings. The van der Waals surface area contributed by atoms with Gasteiger partial charge in [0.05, 0.1) is 8.07 Å². The zero-order valence-electron chi connectivity index (χ0n) is 9.67. The molecule has 1 N–H and O–H groups in total. The highest BCUT2D eigenvalue weighted by Crippen LogP contribution is 2.11. The first kappa shape index (κ1) is 11.5. The maximum absolute atomic E-state index is 3.60. The smallest absolute Gasteiger partial charge is 0.0596 e. The highest BCUT2D eigenvalue weighted by atomic mass is 28.3. The molecule has 0 aliphatic carbocycles. The summed E-state index contributed by atoms with van der Waals surface area (Å²) in [6.07, 6.45) is 1.18. The summed E-state index contributed by atoms with van der Waals surface area (Å²) < 4.78 is 0. The van der Waals surface area contributed by atoms with Gasteiger partial charge in [0.2, 0.25) is 0 Å². The Morgan fingerprint density at radius 2 is 1.71 bits per heavy atom. The lowest BCUT2D eigenvalue weighted by Gasteiger charge is -2.21. The van der Waals surface area contributed by atoms with Gasteiger partial charge in [0.1, 0.15) is 0 Å². The summed E-state index contributed by atoms with van der Waals surface area (Å²) >= 11 is 0. The minimum Gasteiger partial charge on any atom is -0.313 e. The van der Waals surface area contributed by atoms with Crippen LogP contribution in [0.2, 0.25) is 19.6 Å². The van der Waals surface area contributed by atoms with Crippen molar-refractivity contribution in [2.75, 3.05) is 6.17 Å². The van der Waals surface area contributed by atoms with Crippen molar-refractivity contribution in [3.8, 4) is 0 Å². The summed E-state index contributed by atoms with van der Waals surface area (Å²) in [7, 11) is -0.964. The zero-order valence-corrected chi connectivity index (χ0v) is 10.7. The maximum Gasteiger partial charge on any atom is 0.0596 e. The molecule has 1 rings (SSSR count). The predicted molar refractivity (Wildman–Crippen MR) is 66.2 cm³/mol. The molecule has 0 spiro atoms. The van der Waals surface area contributed by atoms with Crippen LogP contribution < -0.4 is 5.32 Å². The van der Waals surface area contributed by atoms with E-state index in [0.717, 1.165) is 0 Å². The number of rotatable bonds is 4. The minimum atomic E-state index is -0.964. The van der Waals surface area contributed by atoms with E-state index in [-0.39, 0.29) is 0 Å². The van der Waals surface area contributed by atoms with Gasteiger partial charge >= 0.3 is 0 Å². The summed E-state index contributed by atoms with van der Waals surface area (Å²) in [4.78, 5) is 0. The van der Waals surface area contributed by atoms with Crippen molar-refractivity contribution < 1.29 is 0 Å². The fourth-order valence-corrected chi connectivity index (χ4v) is 2.24. The van der Waals surface area contributed by atoms with Crippen LogP contribution in [0.3, 0.4) is 0 Å². The van der Waals surface area contributed by atoms with Crippen LogP contribution in [-0.2, 0) is 0 Å². The molecule has 2 heteroatoms. The largest absolute Gasteiger partial charge is 0.313 e. The SMILES string of the molecule is C[C@@H](NC[Si](C)(C)C)c1ccccc1. The third-order valence-corrected chi connectivity index (χ3v) is 3.50. The van der Waals surface area contributed by atoms with Crippen molar-refractivity contribution in [3.63, 3.8) is 0 Å². The summed E-state index contributed by atoms with van der Waals surface area (Å²) in [5.41, 5.74) is 1.38. The molecule has 0 saturated carbocycles. The molecule has 14 heavy (non-hydrogen) atoms. The second kappa shape index (κ2) is 4.76. The number of hydrogen-bond donors (Lipinski definition) is 1. The number of hydrogen-bond acceptors (Lipinski definition) is 1. The van der Waals surface area contributed by atoms with E-state index < -0.39 is 8.07 Å². The molecular weight excluding hydrogens is 186 g/mol. The van der Waals surface area contributed by atoms with Crippen LogP contribution in [0.1, 0.15) is 18.5 Å². The Kier molecular flexibility index (Phi) is 3.90. The minimum absolute atomic E-state index is 0.475. The van der Waals surface area contributed by atoms with E-state index in [1.165, 1.54) is 11.7 Å². The lowest BCUT2D eigenvalue weighted by Crippen LogP contribution is -2.37. The van der Waals surface area contributed by atoms with E-state index >= 15 is 0 Å². The van der Waals surface area contributed by atoms with E-state index in [9.17, 15) is 0 Å². The summed E-state index contributed by atoms with van der Waals surface area (Å²) in [5, 5.41) is 3.60. The second-order valence-corrected chi connectivity index (χ2v) is 10.5. The number of benzene rings is 1. The Bertz CT molecular complexity index is 263. The fourth-order valence-electron chi connectivity index (χ4n) is 1.32. The van der Waals surface area contributed by atoms with Crippen LogP contribution in [0.4, 0.5) is 0 Å². The summed E-state index contributed by atoms with van der Waals surface area (Å²) in [6, 6.07) is 11.1. The van der Waals surface area contributed by atoms with Crippen LogP contribution in [-0.4, -0.2) is 14.2 Å². The first-order valence-electron chi connectivity index (χ1n) is 5.27. The van der Waals surface area contributed by atoms with E-state index in [1.54, 1.807) is 0 Å².